The Bertz CT molecular complexity index is 931. The molecule has 0 spiro atoms. The van der Waals surface area contributed by atoms with Gasteiger partial charge in [0.15, 0.2) is 0 Å². The molecule has 23 heavy (non-hydrogen) atoms. The van der Waals surface area contributed by atoms with Gasteiger partial charge in [0.25, 0.3) is 0 Å². The zero-order chi connectivity index (χ0) is 16.0. The summed E-state index contributed by atoms with van der Waals surface area (Å²) >= 11 is 6.02. The summed E-state index contributed by atoms with van der Waals surface area (Å²) in [4.78, 5) is 13.4. The van der Waals surface area contributed by atoms with Crippen LogP contribution in [-0.4, -0.2) is 20.2 Å². The van der Waals surface area contributed by atoms with Gasteiger partial charge in [-0.15, -0.1) is 0 Å². The number of imidazole rings is 1. The number of pyridine rings is 1. The maximum absolute atomic E-state index is 14.1. The van der Waals surface area contributed by atoms with E-state index in [0.717, 1.165) is 22.8 Å². The fraction of sp³-hybridized carbons (Fsp3) is 0.118. The minimum Gasteiger partial charge on any atom is -0.299 e. The molecular weight excluding hydrogens is 315 g/mol. The quantitative estimate of drug-likeness (QED) is 0.684. The summed E-state index contributed by atoms with van der Waals surface area (Å²) in [5.41, 5.74) is 3.75. The lowest BCUT2D eigenvalue weighted by molar-refractivity contribution is 0.626. The van der Waals surface area contributed by atoms with E-state index >= 15 is 0 Å². The van der Waals surface area contributed by atoms with Gasteiger partial charge in [0.05, 0.1) is 28.7 Å². The third kappa shape index (κ3) is 2.24. The van der Waals surface area contributed by atoms with Gasteiger partial charge in [0, 0.05) is 29.7 Å². The number of aryl methyl sites for hydroxylation is 1. The molecule has 0 atom stereocenters. The molecule has 0 unspecified atom stereocenters. The lowest BCUT2D eigenvalue weighted by Crippen LogP contribution is -2.10. The standard InChI is InChI=1S/C17H12ClFN4/c1-10-8-21-16-9-22-17(14-4-2-3-5-20-14)11-6-12(18)13(19)7-15(11)23(10)16/h2-8H,9H2,1H3. The summed E-state index contributed by atoms with van der Waals surface area (Å²) in [6, 6.07) is 8.65. The number of hydrogen-bond donors (Lipinski definition) is 0. The predicted octanol–water partition coefficient (Wildman–Crippen LogP) is 3.72. The van der Waals surface area contributed by atoms with Crippen molar-refractivity contribution in [3.63, 3.8) is 0 Å². The summed E-state index contributed by atoms with van der Waals surface area (Å²) in [7, 11) is 0. The van der Waals surface area contributed by atoms with Crippen LogP contribution in [0.15, 0.2) is 47.7 Å². The predicted molar refractivity (Wildman–Crippen MR) is 86.8 cm³/mol. The van der Waals surface area contributed by atoms with E-state index in [1.165, 1.54) is 6.07 Å². The van der Waals surface area contributed by atoms with Gasteiger partial charge < -0.3 is 0 Å². The van der Waals surface area contributed by atoms with Crippen LogP contribution in [0.2, 0.25) is 5.02 Å². The van der Waals surface area contributed by atoms with Crippen LogP contribution < -0.4 is 0 Å². The van der Waals surface area contributed by atoms with Crippen LogP contribution in [0, 0.1) is 12.7 Å². The highest BCUT2D eigenvalue weighted by molar-refractivity contribution is 6.31. The Hall–Kier alpha value is -2.53. The van der Waals surface area contributed by atoms with Crippen LogP contribution in [-0.2, 0) is 6.54 Å². The third-order valence-corrected chi connectivity index (χ3v) is 4.12. The Kier molecular flexibility index (Phi) is 3.23. The van der Waals surface area contributed by atoms with Gasteiger partial charge in [-0.3, -0.25) is 14.5 Å². The van der Waals surface area contributed by atoms with Gasteiger partial charge >= 0.3 is 0 Å². The molecule has 0 saturated heterocycles. The molecule has 114 valence electrons. The minimum atomic E-state index is -0.466. The van der Waals surface area contributed by atoms with E-state index in [-0.39, 0.29) is 5.02 Å². The number of halogens is 2. The average molecular weight is 327 g/mol. The Morgan fingerprint density at radius 3 is 2.87 bits per heavy atom. The first-order chi connectivity index (χ1) is 11.1. The third-order valence-electron chi connectivity index (χ3n) is 3.83. The molecule has 0 fully saturated rings. The normalized spacial score (nSPS) is 13.1. The van der Waals surface area contributed by atoms with E-state index in [9.17, 15) is 4.39 Å². The van der Waals surface area contributed by atoms with E-state index in [1.54, 1.807) is 18.5 Å². The molecule has 3 heterocycles. The van der Waals surface area contributed by atoms with Crippen LogP contribution in [0.3, 0.4) is 0 Å². The van der Waals surface area contributed by atoms with Gasteiger partial charge in [0.1, 0.15) is 11.6 Å². The van der Waals surface area contributed by atoms with E-state index in [4.69, 9.17) is 11.6 Å². The summed E-state index contributed by atoms with van der Waals surface area (Å²) in [5.74, 6) is 0.295. The number of rotatable bonds is 1. The van der Waals surface area contributed by atoms with Crippen molar-refractivity contribution in [2.45, 2.75) is 13.5 Å². The first-order valence-electron chi connectivity index (χ1n) is 7.14. The first kappa shape index (κ1) is 14.1. The zero-order valence-electron chi connectivity index (χ0n) is 12.3. The second-order valence-electron chi connectivity index (χ2n) is 5.31. The SMILES string of the molecule is Cc1cnc2n1-c1cc(F)c(Cl)cc1C(c1ccccn1)=NC2. The molecule has 1 aliphatic rings. The molecule has 0 radical (unpaired) electrons. The number of hydrogen-bond acceptors (Lipinski definition) is 3. The Morgan fingerprint density at radius 1 is 1.22 bits per heavy atom. The Morgan fingerprint density at radius 2 is 2.09 bits per heavy atom. The monoisotopic (exact) mass is 326 g/mol. The second kappa shape index (κ2) is 5.28. The molecule has 0 aliphatic carbocycles. The maximum atomic E-state index is 14.1. The highest BCUT2D eigenvalue weighted by Crippen LogP contribution is 2.29. The largest absolute Gasteiger partial charge is 0.299 e. The van der Waals surface area contributed by atoms with E-state index in [1.807, 2.05) is 29.7 Å². The van der Waals surface area contributed by atoms with Crippen molar-refractivity contribution in [1.29, 1.82) is 0 Å². The Balaban J connectivity index is 2.04. The molecule has 4 rings (SSSR count). The fourth-order valence-electron chi connectivity index (χ4n) is 2.80. The van der Waals surface area contributed by atoms with Crippen molar-refractivity contribution < 1.29 is 4.39 Å². The second-order valence-corrected chi connectivity index (χ2v) is 5.72. The minimum absolute atomic E-state index is 0.0635. The number of nitrogens with zero attached hydrogens (tertiary/aromatic N) is 4. The van der Waals surface area contributed by atoms with Crippen LogP contribution in [0.25, 0.3) is 5.69 Å². The molecule has 3 aromatic rings. The smallest absolute Gasteiger partial charge is 0.143 e. The van der Waals surface area contributed by atoms with Crippen molar-refractivity contribution in [2.24, 2.45) is 4.99 Å². The van der Waals surface area contributed by atoms with Crippen LogP contribution in [0.1, 0.15) is 22.8 Å². The molecule has 0 saturated carbocycles. The lowest BCUT2D eigenvalue weighted by Gasteiger charge is -2.13. The molecule has 2 aromatic heterocycles. The van der Waals surface area contributed by atoms with Crippen molar-refractivity contribution in [2.75, 3.05) is 0 Å². The molecule has 0 bridgehead atoms. The Labute approximate surface area is 137 Å². The first-order valence-corrected chi connectivity index (χ1v) is 7.52. The maximum Gasteiger partial charge on any atom is 0.143 e. The van der Waals surface area contributed by atoms with E-state index in [2.05, 4.69) is 15.0 Å². The molecular formula is C17H12ClFN4. The van der Waals surface area contributed by atoms with Gasteiger partial charge in [0.2, 0.25) is 0 Å². The molecule has 6 heteroatoms. The topological polar surface area (TPSA) is 43.1 Å². The van der Waals surface area contributed by atoms with Crippen LogP contribution in [0.4, 0.5) is 4.39 Å². The molecule has 1 aromatic carbocycles. The van der Waals surface area contributed by atoms with Gasteiger partial charge in [-0.2, -0.15) is 0 Å². The number of aliphatic imine (C=N–C) groups is 1. The molecule has 4 nitrogen and oxygen atoms in total. The highest BCUT2D eigenvalue weighted by Gasteiger charge is 2.23. The van der Waals surface area contributed by atoms with Crippen molar-refractivity contribution in [3.05, 3.63) is 76.3 Å². The molecule has 0 N–H and O–H groups in total. The molecule has 1 aliphatic heterocycles. The van der Waals surface area contributed by atoms with E-state index in [0.29, 0.717) is 17.9 Å². The summed E-state index contributed by atoms with van der Waals surface area (Å²) in [5, 5.41) is 0.0635. The number of benzene rings is 1. The summed E-state index contributed by atoms with van der Waals surface area (Å²) < 4.78 is 16.0. The fourth-order valence-corrected chi connectivity index (χ4v) is 2.96. The number of fused-ring (bicyclic) bond motifs is 3. The highest BCUT2D eigenvalue weighted by atomic mass is 35.5. The van der Waals surface area contributed by atoms with Gasteiger partial charge in [-0.05, 0) is 25.1 Å². The zero-order valence-corrected chi connectivity index (χ0v) is 13.0. The molecule has 0 amide bonds. The van der Waals surface area contributed by atoms with Crippen molar-refractivity contribution >= 4 is 17.3 Å². The van der Waals surface area contributed by atoms with E-state index < -0.39 is 5.82 Å². The number of aromatic nitrogens is 3. The summed E-state index contributed by atoms with van der Waals surface area (Å²) in [6.07, 6.45) is 3.46. The van der Waals surface area contributed by atoms with Crippen LogP contribution in [0.5, 0.6) is 0 Å². The lowest BCUT2D eigenvalue weighted by atomic mass is 10.0. The van der Waals surface area contributed by atoms with Crippen molar-refractivity contribution in [3.8, 4) is 5.69 Å². The van der Waals surface area contributed by atoms with Crippen LogP contribution >= 0.6 is 11.6 Å². The van der Waals surface area contributed by atoms with Gasteiger partial charge in [-0.25, -0.2) is 9.37 Å². The average Bonchev–Trinajstić information content (AvgIpc) is 2.84. The van der Waals surface area contributed by atoms with Crippen molar-refractivity contribution in [1.82, 2.24) is 14.5 Å². The summed E-state index contributed by atoms with van der Waals surface area (Å²) in [6.45, 7) is 2.33. The van der Waals surface area contributed by atoms with Gasteiger partial charge in [-0.1, -0.05) is 17.7 Å².